The van der Waals surface area contributed by atoms with Crippen LogP contribution >= 0.6 is 0 Å². The zero-order valence-corrected chi connectivity index (χ0v) is 16.2. The Bertz CT molecular complexity index is 671. The third-order valence-electron chi connectivity index (χ3n) is 4.80. The quantitative estimate of drug-likeness (QED) is 0.712. The normalized spacial score (nSPS) is 17.0. The highest BCUT2D eigenvalue weighted by Crippen LogP contribution is 2.25. The molecule has 7 heteroatoms. The number of sulfonamides is 1. The van der Waals surface area contributed by atoms with E-state index in [0.717, 1.165) is 37.7 Å². The van der Waals surface area contributed by atoms with E-state index in [2.05, 4.69) is 5.32 Å². The van der Waals surface area contributed by atoms with Gasteiger partial charge in [-0.25, -0.2) is 17.1 Å². The molecular weight excluding hydrogens is 355 g/mol. The Hall–Kier alpha value is -1.47. The highest BCUT2D eigenvalue weighted by molar-refractivity contribution is 7.89. The second-order valence-electron chi connectivity index (χ2n) is 6.87. The lowest BCUT2D eigenvalue weighted by Gasteiger charge is -2.25. The minimum absolute atomic E-state index is 0.0132. The average Bonchev–Trinajstić information content (AvgIpc) is 2.62. The summed E-state index contributed by atoms with van der Waals surface area (Å²) in [4.78, 5) is 12.2. The van der Waals surface area contributed by atoms with Crippen LogP contribution in [-0.2, 0) is 14.8 Å². The predicted molar refractivity (Wildman–Crippen MR) is 101 cm³/mol. The number of hydrogen-bond acceptors (Lipinski definition) is 3. The number of piperidine rings is 1. The van der Waals surface area contributed by atoms with Crippen LogP contribution in [0.1, 0.15) is 56.9 Å². The molecule has 5 nitrogen and oxygen atoms in total. The highest BCUT2D eigenvalue weighted by Gasteiger charge is 2.24. The van der Waals surface area contributed by atoms with Crippen LogP contribution in [0.3, 0.4) is 0 Å². The number of amides is 1. The maximum Gasteiger partial charge on any atom is 0.220 e. The molecule has 1 atom stereocenters. The SMILES string of the molecule is CCCC(CC(=O)NCCS(=O)(=O)N1CCCCC1)c1ccc(F)cc1. The molecule has 1 aromatic carbocycles. The van der Waals surface area contributed by atoms with Crippen molar-refractivity contribution in [2.24, 2.45) is 0 Å². The zero-order chi connectivity index (χ0) is 19.0. The van der Waals surface area contributed by atoms with Gasteiger partial charge in [0.05, 0.1) is 5.75 Å². The lowest BCUT2D eigenvalue weighted by Crippen LogP contribution is -2.40. The van der Waals surface area contributed by atoms with Crippen LogP contribution in [0, 0.1) is 5.82 Å². The highest BCUT2D eigenvalue weighted by atomic mass is 32.2. The first-order valence-corrected chi connectivity index (χ1v) is 11.0. The molecule has 0 spiro atoms. The molecule has 1 aliphatic rings. The van der Waals surface area contributed by atoms with Crippen LogP contribution in [0.5, 0.6) is 0 Å². The minimum Gasteiger partial charge on any atom is -0.355 e. The fourth-order valence-electron chi connectivity index (χ4n) is 3.36. The van der Waals surface area contributed by atoms with Crippen molar-refractivity contribution in [3.63, 3.8) is 0 Å². The van der Waals surface area contributed by atoms with Crippen molar-refractivity contribution in [3.05, 3.63) is 35.6 Å². The monoisotopic (exact) mass is 384 g/mol. The summed E-state index contributed by atoms with van der Waals surface area (Å²) in [7, 11) is -3.30. The van der Waals surface area contributed by atoms with Gasteiger partial charge in [0, 0.05) is 26.1 Å². The molecular formula is C19H29FN2O3S. The summed E-state index contributed by atoms with van der Waals surface area (Å²) in [5.74, 6) is -0.509. The van der Waals surface area contributed by atoms with Crippen LogP contribution in [0.25, 0.3) is 0 Å². The van der Waals surface area contributed by atoms with Gasteiger partial charge in [-0.3, -0.25) is 4.79 Å². The predicted octanol–water partition coefficient (Wildman–Crippen LogP) is 3.03. The van der Waals surface area contributed by atoms with Crippen molar-refractivity contribution >= 4 is 15.9 Å². The first-order chi connectivity index (χ1) is 12.4. The van der Waals surface area contributed by atoms with Crippen LogP contribution in [-0.4, -0.2) is 44.0 Å². The molecule has 26 heavy (non-hydrogen) atoms. The molecule has 0 radical (unpaired) electrons. The van der Waals surface area contributed by atoms with E-state index in [0.29, 0.717) is 13.1 Å². The van der Waals surface area contributed by atoms with Crippen molar-refractivity contribution < 1.29 is 17.6 Å². The van der Waals surface area contributed by atoms with Gasteiger partial charge in [0.2, 0.25) is 15.9 Å². The standard InChI is InChI=1S/C19H29FN2O3S/c1-2-6-17(16-7-9-18(20)10-8-16)15-19(23)21-11-14-26(24,25)22-12-4-3-5-13-22/h7-10,17H,2-6,11-15H2,1H3,(H,21,23). The number of nitrogens with zero attached hydrogens (tertiary/aromatic N) is 1. The molecule has 1 amide bonds. The van der Waals surface area contributed by atoms with Crippen molar-refractivity contribution in [2.75, 3.05) is 25.4 Å². The van der Waals surface area contributed by atoms with Gasteiger partial charge in [-0.05, 0) is 42.9 Å². The van der Waals surface area contributed by atoms with E-state index in [1.165, 1.54) is 16.4 Å². The van der Waals surface area contributed by atoms with Gasteiger partial charge in [-0.1, -0.05) is 31.9 Å². The lowest BCUT2D eigenvalue weighted by atomic mass is 9.91. The molecule has 1 unspecified atom stereocenters. The van der Waals surface area contributed by atoms with E-state index in [4.69, 9.17) is 0 Å². The molecule has 1 aromatic rings. The first-order valence-electron chi connectivity index (χ1n) is 9.42. The number of rotatable bonds is 9. The molecule has 2 rings (SSSR count). The number of benzene rings is 1. The fraction of sp³-hybridized carbons (Fsp3) is 0.632. The van der Waals surface area contributed by atoms with Crippen LogP contribution in [0.2, 0.25) is 0 Å². The van der Waals surface area contributed by atoms with Gasteiger partial charge in [-0.2, -0.15) is 0 Å². The summed E-state index contributed by atoms with van der Waals surface area (Å²) >= 11 is 0. The van der Waals surface area contributed by atoms with E-state index < -0.39 is 10.0 Å². The van der Waals surface area contributed by atoms with E-state index in [1.807, 2.05) is 6.92 Å². The Morgan fingerprint density at radius 1 is 1.19 bits per heavy atom. The molecule has 0 bridgehead atoms. The number of halogens is 1. The maximum atomic E-state index is 13.1. The van der Waals surface area contributed by atoms with E-state index in [-0.39, 0.29) is 36.4 Å². The average molecular weight is 385 g/mol. The zero-order valence-electron chi connectivity index (χ0n) is 15.4. The molecule has 0 aliphatic carbocycles. The summed E-state index contributed by atoms with van der Waals surface area (Å²) < 4.78 is 39.2. The van der Waals surface area contributed by atoms with E-state index in [9.17, 15) is 17.6 Å². The molecule has 0 saturated carbocycles. The van der Waals surface area contributed by atoms with Gasteiger partial charge in [0.25, 0.3) is 0 Å². The van der Waals surface area contributed by atoms with Crippen molar-refractivity contribution in [1.82, 2.24) is 9.62 Å². The van der Waals surface area contributed by atoms with Gasteiger partial charge in [0.15, 0.2) is 0 Å². The van der Waals surface area contributed by atoms with Crippen LogP contribution < -0.4 is 5.32 Å². The Morgan fingerprint density at radius 2 is 1.85 bits per heavy atom. The number of nitrogens with one attached hydrogen (secondary N) is 1. The fourth-order valence-corrected chi connectivity index (χ4v) is 4.79. The third kappa shape index (κ3) is 6.36. The third-order valence-corrected chi connectivity index (χ3v) is 6.67. The molecule has 1 heterocycles. The Balaban J connectivity index is 1.83. The van der Waals surface area contributed by atoms with Crippen LogP contribution in [0.4, 0.5) is 4.39 Å². The van der Waals surface area contributed by atoms with Crippen LogP contribution in [0.15, 0.2) is 24.3 Å². The van der Waals surface area contributed by atoms with E-state index >= 15 is 0 Å². The second-order valence-corrected chi connectivity index (χ2v) is 8.96. The van der Waals surface area contributed by atoms with Crippen molar-refractivity contribution in [2.45, 2.75) is 51.4 Å². The summed E-state index contributed by atoms with van der Waals surface area (Å²) in [6.45, 7) is 3.33. The number of carbonyl (C=O) groups excluding carboxylic acids is 1. The second kappa shape index (κ2) is 10.0. The number of carbonyl (C=O) groups is 1. The minimum atomic E-state index is -3.30. The summed E-state index contributed by atoms with van der Waals surface area (Å²) in [5, 5.41) is 2.73. The molecule has 1 aliphatic heterocycles. The van der Waals surface area contributed by atoms with Gasteiger partial charge >= 0.3 is 0 Å². The van der Waals surface area contributed by atoms with E-state index in [1.54, 1.807) is 12.1 Å². The first kappa shape index (κ1) is 20.8. The smallest absolute Gasteiger partial charge is 0.220 e. The molecule has 1 fully saturated rings. The van der Waals surface area contributed by atoms with Crippen molar-refractivity contribution in [1.29, 1.82) is 0 Å². The molecule has 0 aromatic heterocycles. The Morgan fingerprint density at radius 3 is 2.46 bits per heavy atom. The lowest BCUT2D eigenvalue weighted by molar-refractivity contribution is -0.121. The largest absolute Gasteiger partial charge is 0.355 e. The number of hydrogen-bond donors (Lipinski definition) is 1. The van der Waals surface area contributed by atoms with Crippen molar-refractivity contribution in [3.8, 4) is 0 Å². The van der Waals surface area contributed by atoms with Gasteiger partial charge in [-0.15, -0.1) is 0 Å². The molecule has 146 valence electrons. The molecule has 1 saturated heterocycles. The summed E-state index contributed by atoms with van der Waals surface area (Å²) in [6.07, 6.45) is 4.90. The summed E-state index contributed by atoms with van der Waals surface area (Å²) in [5.41, 5.74) is 0.935. The Kier molecular flexibility index (Phi) is 8.03. The summed E-state index contributed by atoms with van der Waals surface area (Å²) in [6, 6.07) is 6.23. The topological polar surface area (TPSA) is 66.5 Å². The maximum absolute atomic E-state index is 13.1. The van der Waals surface area contributed by atoms with Gasteiger partial charge in [0.1, 0.15) is 5.82 Å². The Labute approximate surface area is 156 Å². The molecule has 1 N–H and O–H groups in total. The van der Waals surface area contributed by atoms with Gasteiger partial charge < -0.3 is 5.32 Å².